The molecular weight excluding hydrogens is 418 g/mol. The summed E-state index contributed by atoms with van der Waals surface area (Å²) in [6.07, 6.45) is 4.84. The third kappa shape index (κ3) is 4.54. The van der Waals surface area contributed by atoms with Crippen LogP contribution in [0, 0.1) is 0 Å². The number of pyridine rings is 1. The number of hydrogen-bond acceptors (Lipinski definition) is 6. The Morgan fingerprint density at radius 2 is 2.10 bits per heavy atom. The Kier molecular flexibility index (Phi) is 6.19. The first kappa shape index (κ1) is 21.6. The van der Waals surface area contributed by atoms with E-state index in [1.54, 1.807) is 18.0 Å². The monoisotopic (exact) mass is 445 g/mol. The molecule has 9 nitrogen and oxygen atoms in total. The summed E-state index contributed by atoms with van der Waals surface area (Å²) >= 11 is 0. The number of carbonyl (C=O) groups is 1. The van der Waals surface area contributed by atoms with Crippen LogP contribution in [0.1, 0.15) is 55.0 Å². The average molecular weight is 446 g/mol. The number of sulfonamides is 1. The van der Waals surface area contributed by atoms with Crippen molar-refractivity contribution in [2.75, 3.05) is 18.8 Å². The number of nitrogens with zero attached hydrogens (tertiary/aromatic N) is 4. The van der Waals surface area contributed by atoms with Crippen LogP contribution in [0.25, 0.3) is 0 Å². The van der Waals surface area contributed by atoms with Gasteiger partial charge < -0.3 is 9.88 Å². The van der Waals surface area contributed by atoms with E-state index in [1.165, 1.54) is 4.31 Å². The summed E-state index contributed by atoms with van der Waals surface area (Å²) in [6, 6.07) is 5.20. The molecule has 1 atom stereocenters. The number of piperidine rings is 1. The van der Waals surface area contributed by atoms with Crippen LogP contribution in [-0.4, -0.2) is 57.3 Å². The van der Waals surface area contributed by atoms with Crippen molar-refractivity contribution >= 4 is 15.9 Å². The maximum absolute atomic E-state index is 13.0. The molecule has 0 bridgehead atoms. The van der Waals surface area contributed by atoms with Gasteiger partial charge in [-0.05, 0) is 38.3 Å². The molecule has 0 aliphatic carbocycles. The number of nitrogens with one attached hydrogen (secondary N) is 1. The molecule has 166 valence electrons. The van der Waals surface area contributed by atoms with E-state index in [9.17, 15) is 18.0 Å². The maximum atomic E-state index is 13.0. The van der Waals surface area contributed by atoms with Crippen molar-refractivity contribution in [2.24, 2.45) is 0 Å². The van der Waals surface area contributed by atoms with Crippen LogP contribution in [0.5, 0.6) is 0 Å². The SMILES string of the molecule is CCS(=O)(=O)N1CCc2nc([C@@H]3CCCCN3C(=O)Cc3ccccn3)[nH]c(=O)c2C1. The second-order valence-corrected chi connectivity index (χ2v) is 10.2. The molecule has 4 rings (SSSR count). The normalized spacial score (nSPS) is 19.8. The molecule has 0 spiro atoms. The van der Waals surface area contributed by atoms with Gasteiger partial charge in [0, 0.05) is 37.9 Å². The van der Waals surface area contributed by atoms with Crippen LogP contribution in [-0.2, 0) is 34.2 Å². The zero-order valence-electron chi connectivity index (χ0n) is 17.6. The molecule has 2 aromatic heterocycles. The molecule has 2 aromatic rings. The summed E-state index contributed by atoms with van der Waals surface area (Å²) in [6.45, 7) is 2.56. The van der Waals surface area contributed by atoms with Crippen LogP contribution in [0.3, 0.4) is 0 Å². The Balaban J connectivity index is 1.59. The lowest BCUT2D eigenvalue weighted by molar-refractivity contribution is -0.134. The number of carbonyl (C=O) groups excluding carboxylic acids is 1. The number of likely N-dealkylation sites (tertiary alicyclic amines) is 1. The minimum Gasteiger partial charge on any atom is -0.332 e. The van der Waals surface area contributed by atoms with Gasteiger partial charge in [-0.15, -0.1) is 0 Å². The smallest absolute Gasteiger partial charge is 0.255 e. The lowest BCUT2D eigenvalue weighted by Gasteiger charge is -2.35. The van der Waals surface area contributed by atoms with Gasteiger partial charge in [-0.2, -0.15) is 4.31 Å². The Labute approximate surface area is 181 Å². The van der Waals surface area contributed by atoms with Crippen LogP contribution in [0.15, 0.2) is 29.2 Å². The third-order valence-electron chi connectivity index (χ3n) is 6.01. The number of fused-ring (bicyclic) bond motifs is 1. The van der Waals surface area contributed by atoms with Gasteiger partial charge in [0.25, 0.3) is 5.56 Å². The predicted octanol–water partition coefficient (Wildman–Crippen LogP) is 1.17. The minimum absolute atomic E-state index is 0.00116. The first-order valence-corrected chi connectivity index (χ1v) is 12.3. The van der Waals surface area contributed by atoms with Crippen molar-refractivity contribution in [1.29, 1.82) is 0 Å². The van der Waals surface area contributed by atoms with Gasteiger partial charge >= 0.3 is 0 Å². The molecule has 31 heavy (non-hydrogen) atoms. The van der Waals surface area contributed by atoms with Gasteiger partial charge in [0.05, 0.1) is 29.5 Å². The minimum atomic E-state index is -3.37. The van der Waals surface area contributed by atoms with Crippen molar-refractivity contribution < 1.29 is 13.2 Å². The average Bonchev–Trinajstić information content (AvgIpc) is 2.79. The molecule has 1 fully saturated rings. The molecule has 0 saturated carbocycles. The number of aromatic amines is 1. The first-order valence-electron chi connectivity index (χ1n) is 10.7. The Hall–Kier alpha value is -2.59. The standard InChI is InChI=1S/C21H27N5O4S/c1-2-31(29,30)25-12-9-17-16(14-25)21(28)24-20(23-17)18-8-4-6-11-26(18)19(27)13-15-7-3-5-10-22-15/h3,5,7,10,18H,2,4,6,8-9,11-14H2,1H3,(H,23,24,28)/t18-/m0/s1. The van der Waals surface area contributed by atoms with Crippen molar-refractivity contribution in [2.45, 2.75) is 51.6 Å². The van der Waals surface area contributed by atoms with Gasteiger partial charge in [0.1, 0.15) is 5.82 Å². The molecule has 0 aromatic carbocycles. The van der Waals surface area contributed by atoms with Gasteiger partial charge in [0.2, 0.25) is 15.9 Å². The Morgan fingerprint density at radius 1 is 1.26 bits per heavy atom. The van der Waals surface area contributed by atoms with E-state index >= 15 is 0 Å². The molecule has 4 heterocycles. The van der Waals surface area contributed by atoms with Gasteiger partial charge in [0.15, 0.2) is 0 Å². The Morgan fingerprint density at radius 3 is 2.84 bits per heavy atom. The predicted molar refractivity (Wildman–Crippen MR) is 115 cm³/mol. The topological polar surface area (TPSA) is 116 Å². The largest absolute Gasteiger partial charge is 0.332 e. The fraction of sp³-hybridized carbons (Fsp3) is 0.524. The van der Waals surface area contributed by atoms with E-state index in [1.807, 2.05) is 18.2 Å². The maximum Gasteiger partial charge on any atom is 0.255 e. The number of H-pyrrole nitrogens is 1. The molecule has 2 aliphatic heterocycles. The lowest BCUT2D eigenvalue weighted by Crippen LogP contribution is -2.43. The summed E-state index contributed by atoms with van der Waals surface area (Å²) < 4.78 is 25.7. The van der Waals surface area contributed by atoms with Crippen molar-refractivity contribution in [3.8, 4) is 0 Å². The summed E-state index contributed by atoms with van der Waals surface area (Å²) in [5.41, 5.74) is 1.41. The van der Waals surface area contributed by atoms with E-state index in [0.29, 0.717) is 42.3 Å². The van der Waals surface area contributed by atoms with Crippen molar-refractivity contribution in [3.63, 3.8) is 0 Å². The summed E-state index contributed by atoms with van der Waals surface area (Å²) in [5, 5.41) is 0. The number of hydrogen-bond donors (Lipinski definition) is 1. The lowest BCUT2D eigenvalue weighted by atomic mass is 9.99. The molecule has 2 aliphatic rings. The second-order valence-electron chi connectivity index (χ2n) is 7.96. The first-order chi connectivity index (χ1) is 14.9. The quantitative estimate of drug-likeness (QED) is 0.738. The van der Waals surface area contributed by atoms with E-state index in [2.05, 4.69) is 9.97 Å². The highest BCUT2D eigenvalue weighted by Gasteiger charge is 2.33. The zero-order chi connectivity index (χ0) is 22.0. The molecule has 10 heteroatoms. The fourth-order valence-corrected chi connectivity index (χ4v) is 5.33. The fourth-order valence-electron chi connectivity index (χ4n) is 4.27. The van der Waals surface area contributed by atoms with E-state index in [0.717, 1.165) is 19.3 Å². The molecule has 1 saturated heterocycles. The van der Waals surface area contributed by atoms with Crippen LogP contribution >= 0.6 is 0 Å². The Bertz CT molecular complexity index is 1120. The van der Waals surface area contributed by atoms with E-state index in [-0.39, 0.29) is 36.2 Å². The van der Waals surface area contributed by atoms with Crippen LogP contribution in [0.2, 0.25) is 0 Å². The van der Waals surface area contributed by atoms with E-state index < -0.39 is 10.0 Å². The molecular formula is C21H27N5O4S. The molecule has 1 N–H and O–H groups in total. The molecule has 0 unspecified atom stereocenters. The second kappa shape index (κ2) is 8.88. The van der Waals surface area contributed by atoms with Gasteiger partial charge in [-0.1, -0.05) is 6.07 Å². The van der Waals surface area contributed by atoms with Crippen molar-refractivity contribution in [1.82, 2.24) is 24.2 Å². The molecule has 0 radical (unpaired) electrons. The zero-order valence-corrected chi connectivity index (χ0v) is 18.4. The van der Waals surface area contributed by atoms with Crippen molar-refractivity contribution in [3.05, 3.63) is 57.5 Å². The summed E-state index contributed by atoms with van der Waals surface area (Å²) in [7, 11) is -3.37. The third-order valence-corrected chi connectivity index (χ3v) is 7.84. The highest BCUT2D eigenvalue weighted by Crippen LogP contribution is 2.30. The highest BCUT2D eigenvalue weighted by molar-refractivity contribution is 7.89. The molecule has 1 amide bonds. The number of rotatable bonds is 5. The van der Waals surface area contributed by atoms with Crippen LogP contribution < -0.4 is 5.56 Å². The number of amides is 1. The van der Waals surface area contributed by atoms with Gasteiger partial charge in [-0.25, -0.2) is 13.4 Å². The summed E-state index contributed by atoms with van der Waals surface area (Å²) in [4.78, 5) is 39.4. The number of aromatic nitrogens is 3. The highest BCUT2D eigenvalue weighted by atomic mass is 32.2. The van der Waals surface area contributed by atoms with Gasteiger partial charge in [-0.3, -0.25) is 14.6 Å². The summed E-state index contributed by atoms with van der Waals surface area (Å²) in [5.74, 6) is 0.454. The van der Waals surface area contributed by atoms with Crippen LogP contribution in [0.4, 0.5) is 0 Å². The van der Waals surface area contributed by atoms with E-state index in [4.69, 9.17) is 4.98 Å².